The Bertz CT molecular complexity index is 2540. The zero-order valence-corrected chi connectivity index (χ0v) is 44.2. The molecule has 27 heteroatoms. The number of rotatable bonds is 34. The monoisotopic (exact) mass is 1080 g/mol. The summed E-state index contributed by atoms with van der Waals surface area (Å²) in [6.45, 7) is 6.89. The van der Waals surface area contributed by atoms with Gasteiger partial charge in [0.25, 0.3) is 0 Å². The Kier molecular flexibility index (Phi) is 25.7. The molecule has 0 saturated carbocycles. The van der Waals surface area contributed by atoms with Crippen LogP contribution in [0.4, 0.5) is 0 Å². The highest BCUT2D eigenvalue weighted by molar-refractivity contribution is 5.97. The molecule has 0 aliphatic rings. The molecule has 0 radical (unpaired) electrons. The molecule has 0 saturated heterocycles. The van der Waals surface area contributed by atoms with E-state index in [1.54, 1.807) is 26.2 Å². The van der Waals surface area contributed by atoms with Crippen molar-refractivity contribution in [2.24, 2.45) is 23.5 Å². The van der Waals surface area contributed by atoms with Crippen LogP contribution in [0.15, 0.2) is 55.5 Å². The van der Waals surface area contributed by atoms with E-state index < -0.39 is 109 Å². The van der Waals surface area contributed by atoms with Crippen molar-refractivity contribution in [3.63, 3.8) is 0 Å². The van der Waals surface area contributed by atoms with Crippen LogP contribution in [-0.2, 0) is 67.3 Å². The number of imidazole rings is 2. The molecule has 27 nitrogen and oxygen atoms in total. The van der Waals surface area contributed by atoms with Crippen molar-refractivity contribution in [3.8, 4) is 0 Å². The van der Waals surface area contributed by atoms with Gasteiger partial charge in [-0.05, 0) is 69.0 Å². The molecule has 3 aromatic heterocycles. The fourth-order valence-corrected chi connectivity index (χ4v) is 8.25. The molecule has 422 valence electrons. The topological polar surface area (TPSA) is 417 Å². The van der Waals surface area contributed by atoms with Gasteiger partial charge in [0.05, 0.1) is 32.4 Å². The number of unbranched alkanes of at least 4 members (excludes halogenated alkanes) is 1. The van der Waals surface area contributed by atoms with E-state index >= 15 is 0 Å². The lowest BCUT2D eigenvalue weighted by Gasteiger charge is -2.26. The third-order valence-electron chi connectivity index (χ3n) is 12.0. The summed E-state index contributed by atoms with van der Waals surface area (Å²) >= 11 is 0. The normalized spacial score (nSPS) is 14.0. The highest BCUT2D eigenvalue weighted by Crippen LogP contribution is 2.20. The van der Waals surface area contributed by atoms with Gasteiger partial charge in [0.15, 0.2) is 0 Å². The first-order valence-electron chi connectivity index (χ1n) is 25.6. The lowest BCUT2D eigenvalue weighted by molar-refractivity contribution is -0.135. The van der Waals surface area contributed by atoms with Crippen molar-refractivity contribution >= 4 is 64.1 Å². The minimum atomic E-state index is -1.58. The molecule has 0 aliphatic heterocycles. The fourth-order valence-electron chi connectivity index (χ4n) is 8.25. The fraction of sp³-hybridized carbons (Fsp3) is 0.540. The maximum atomic E-state index is 14.4. The molecular weight excluding hydrogens is 1000 g/mol. The number of fused-ring (bicyclic) bond motifs is 1. The second-order valence-electron chi connectivity index (χ2n) is 19.6. The summed E-state index contributed by atoms with van der Waals surface area (Å²) in [6.07, 6.45) is 9.24. The molecule has 0 bridgehead atoms. The Morgan fingerprint density at radius 2 is 1.09 bits per heavy atom. The van der Waals surface area contributed by atoms with E-state index in [4.69, 9.17) is 11.6 Å². The number of carbonyl (C=O) groups excluding carboxylic acids is 9. The molecule has 1 aromatic carbocycles. The van der Waals surface area contributed by atoms with Gasteiger partial charge in [-0.3, -0.25) is 48.0 Å². The van der Waals surface area contributed by atoms with Crippen molar-refractivity contribution < 1.29 is 53.1 Å². The lowest BCUT2D eigenvalue weighted by atomic mass is 10.00. The van der Waals surface area contributed by atoms with Crippen LogP contribution >= 0.6 is 0 Å². The van der Waals surface area contributed by atoms with E-state index in [1.165, 1.54) is 18.9 Å². The van der Waals surface area contributed by atoms with Crippen LogP contribution in [0.5, 0.6) is 0 Å². The molecule has 7 unspecified atom stereocenters. The molecule has 3 heterocycles. The molecule has 7 atom stereocenters. The Labute approximate surface area is 445 Å². The summed E-state index contributed by atoms with van der Waals surface area (Å²) in [5.74, 6) is -1.91. The van der Waals surface area contributed by atoms with Gasteiger partial charge in [-0.2, -0.15) is 0 Å². The molecule has 77 heavy (non-hydrogen) atoms. The summed E-state index contributed by atoms with van der Waals surface area (Å²) in [5.41, 5.74) is 8.50. The summed E-state index contributed by atoms with van der Waals surface area (Å²) < 4.78 is 0. The van der Waals surface area contributed by atoms with E-state index in [2.05, 4.69) is 77.6 Å². The number of nitrogens with zero attached hydrogens (tertiary/aromatic N) is 2. The SMILES string of the molecule is CC(C)CC(NC(=O)C(CO)NC(=O)C(Cc1cnc[nH]1)NC(=O)CON)C(=O)NCC(=O)NC(CCCCN)C(=O)NC(Cc1c[nH]c2ccccc12)C(=O)NC(CC(C)C)C(=O)NCC(=O)NC(C)Cc1cnc[nH]1. The second kappa shape index (κ2) is 32.0. The highest BCUT2D eigenvalue weighted by Gasteiger charge is 2.33. The Morgan fingerprint density at radius 3 is 1.64 bits per heavy atom. The van der Waals surface area contributed by atoms with Crippen molar-refractivity contribution in [1.82, 2.24) is 72.8 Å². The summed E-state index contributed by atoms with van der Waals surface area (Å²) in [6, 6.07) is -0.665. The van der Waals surface area contributed by atoms with Crippen LogP contribution in [0.25, 0.3) is 10.9 Å². The maximum Gasteiger partial charge on any atom is 0.248 e. The quantitative estimate of drug-likeness (QED) is 0.0168. The van der Waals surface area contributed by atoms with Crippen LogP contribution in [-0.4, -0.2) is 158 Å². The van der Waals surface area contributed by atoms with E-state index in [1.807, 2.05) is 45.0 Å². The van der Waals surface area contributed by atoms with Crippen LogP contribution in [0, 0.1) is 11.8 Å². The number of H-pyrrole nitrogens is 3. The van der Waals surface area contributed by atoms with Crippen LogP contribution in [0.1, 0.15) is 83.7 Å². The van der Waals surface area contributed by atoms with Crippen LogP contribution in [0.2, 0.25) is 0 Å². The molecule has 0 aliphatic carbocycles. The average molecular weight is 1080 g/mol. The number of aromatic nitrogens is 5. The van der Waals surface area contributed by atoms with Gasteiger partial charge in [0.1, 0.15) is 42.9 Å². The summed E-state index contributed by atoms with van der Waals surface area (Å²) in [7, 11) is 0. The highest BCUT2D eigenvalue weighted by atomic mass is 16.6. The number of hydrogen-bond donors (Lipinski definition) is 15. The number of nitrogens with two attached hydrogens (primary N) is 2. The van der Waals surface area contributed by atoms with Gasteiger partial charge in [-0.1, -0.05) is 45.9 Å². The Balaban J connectivity index is 1.46. The van der Waals surface area contributed by atoms with Crippen LogP contribution < -0.4 is 59.5 Å². The molecule has 17 N–H and O–H groups in total. The van der Waals surface area contributed by atoms with E-state index in [0.717, 1.165) is 16.6 Å². The molecule has 0 spiro atoms. The van der Waals surface area contributed by atoms with E-state index in [-0.39, 0.29) is 63.1 Å². The molecule has 4 rings (SSSR count). The first-order chi connectivity index (χ1) is 36.8. The number of aliphatic hydroxyl groups is 1. The van der Waals surface area contributed by atoms with Crippen molar-refractivity contribution in [2.45, 2.75) is 128 Å². The number of nitrogens with one attached hydrogen (secondary N) is 12. The second-order valence-corrected chi connectivity index (χ2v) is 19.6. The average Bonchev–Trinajstić information content (AvgIpc) is 4.19. The van der Waals surface area contributed by atoms with E-state index in [0.29, 0.717) is 30.5 Å². The predicted molar refractivity (Wildman–Crippen MR) is 281 cm³/mol. The smallest absolute Gasteiger partial charge is 0.248 e. The molecule has 4 aromatic rings. The number of hydrogen-bond acceptors (Lipinski definition) is 15. The number of aromatic amines is 3. The van der Waals surface area contributed by atoms with Gasteiger partial charge in [-0.15, -0.1) is 0 Å². The lowest BCUT2D eigenvalue weighted by Crippen LogP contribution is -2.59. The maximum absolute atomic E-state index is 14.4. The molecule has 9 amide bonds. The van der Waals surface area contributed by atoms with Gasteiger partial charge in [0.2, 0.25) is 53.2 Å². The van der Waals surface area contributed by atoms with Gasteiger partial charge in [-0.25, -0.2) is 15.9 Å². The van der Waals surface area contributed by atoms with Gasteiger partial charge < -0.3 is 73.6 Å². The van der Waals surface area contributed by atoms with Crippen LogP contribution in [0.3, 0.4) is 0 Å². The number of para-hydroxylation sites is 1. The van der Waals surface area contributed by atoms with Gasteiger partial charge >= 0.3 is 0 Å². The first-order valence-corrected chi connectivity index (χ1v) is 25.6. The predicted octanol–water partition coefficient (Wildman–Crippen LogP) is -2.61. The third kappa shape index (κ3) is 21.4. The number of aliphatic hydroxyl groups excluding tert-OH is 1. The van der Waals surface area contributed by atoms with E-state index in [9.17, 15) is 48.3 Å². The minimum Gasteiger partial charge on any atom is -0.394 e. The number of carbonyl (C=O) groups is 9. The number of benzene rings is 1. The summed E-state index contributed by atoms with van der Waals surface area (Å²) in [5, 5.41) is 34.5. The Morgan fingerprint density at radius 1 is 0.584 bits per heavy atom. The Hall–Kier alpha value is -7.75. The minimum absolute atomic E-state index is 0.0376. The zero-order valence-electron chi connectivity index (χ0n) is 44.2. The molecular formula is C50H76N16O11. The van der Waals surface area contributed by atoms with Crippen molar-refractivity contribution in [3.05, 3.63) is 72.5 Å². The standard InChI is InChI=1S/C50H76N16O11/c1-28(2)14-37(45(71)56-22-42(68)60-30(5)16-32-20-53-26-58-32)63-48(74)39(17-31-19-55-35-11-7-6-10-34(31)35)65-47(73)36(12-8-9-13-51)61-43(69)23-57-46(72)38(15-29(3)4)64-50(76)41(24-67)66-49(75)40(62-44(70)25-77-52)18-33-21-54-27-59-33/h6-7,10-11,19-21,26-30,36-41,55,67H,8-9,12-18,22-25,51-52H2,1-5H3,(H,53,58)(H,54,59)(H,56,71)(H,57,72)(H,60,68)(H,61,69)(H,62,70)(H,63,74)(H,64,76)(H,65,73)(H,66,75). The largest absolute Gasteiger partial charge is 0.394 e. The first kappa shape index (κ1) is 61.8. The molecule has 0 fully saturated rings. The summed E-state index contributed by atoms with van der Waals surface area (Å²) in [4.78, 5) is 143. The van der Waals surface area contributed by atoms with Gasteiger partial charge in [0, 0.05) is 66.2 Å². The third-order valence-corrected chi connectivity index (χ3v) is 12.0. The van der Waals surface area contributed by atoms with Crippen molar-refractivity contribution in [1.29, 1.82) is 0 Å². The van der Waals surface area contributed by atoms with Crippen molar-refractivity contribution in [2.75, 3.05) is 32.8 Å². The number of amides is 9. The zero-order chi connectivity index (χ0) is 56.4.